The highest BCUT2D eigenvalue weighted by Crippen LogP contribution is 2.56. The fraction of sp³-hybridized carbons (Fsp3) is 0.650. The Morgan fingerprint density at radius 1 is 1.23 bits per heavy atom. The monoisotopic (exact) mass is 384 g/mol. The Labute approximate surface area is 158 Å². The molecule has 0 saturated heterocycles. The van der Waals surface area contributed by atoms with Crippen molar-refractivity contribution >= 4 is 13.6 Å². The van der Waals surface area contributed by atoms with Crippen molar-refractivity contribution in [3.63, 3.8) is 0 Å². The largest absolute Gasteiger partial charge is 0.462 e. The number of ether oxygens (including phenoxy) is 1. The summed E-state index contributed by atoms with van der Waals surface area (Å²) in [5, 5.41) is -0.0606. The molecule has 0 heterocycles. The van der Waals surface area contributed by atoms with E-state index in [1.54, 1.807) is 26.8 Å². The molecular weight excluding hydrogens is 351 g/mol. The second kappa shape index (κ2) is 10.2. The number of rotatable bonds is 9. The maximum atomic E-state index is 13.0. The quantitative estimate of drug-likeness (QED) is 0.169. The molecule has 1 atom stereocenters. The van der Waals surface area contributed by atoms with Crippen molar-refractivity contribution in [2.24, 2.45) is 11.3 Å². The molecule has 0 amide bonds. The van der Waals surface area contributed by atoms with E-state index in [4.69, 9.17) is 13.8 Å². The van der Waals surface area contributed by atoms with Gasteiger partial charge in [-0.3, -0.25) is 4.57 Å². The van der Waals surface area contributed by atoms with E-state index in [1.165, 1.54) is 11.6 Å². The third kappa shape index (κ3) is 5.94. The molecule has 0 bridgehead atoms. The molecule has 0 saturated carbocycles. The third-order valence-corrected chi connectivity index (χ3v) is 6.64. The van der Waals surface area contributed by atoms with Gasteiger partial charge in [0, 0.05) is 5.92 Å². The SMILES string of the molecule is CCOC(=O)/C(=C/C=C/C1C(C)=CCCC1(C)C)P(=O)(OCC)OCC. The van der Waals surface area contributed by atoms with Crippen molar-refractivity contribution < 1.29 is 23.1 Å². The zero-order valence-corrected chi connectivity index (χ0v) is 17.8. The van der Waals surface area contributed by atoms with Crippen LogP contribution >= 0.6 is 7.60 Å². The molecule has 5 nitrogen and oxygen atoms in total. The fourth-order valence-electron chi connectivity index (χ4n) is 3.23. The number of allylic oxidation sites excluding steroid dienone is 5. The van der Waals surface area contributed by atoms with Crippen molar-refractivity contribution in [3.05, 3.63) is 35.2 Å². The van der Waals surface area contributed by atoms with Crippen LogP contribution in [0, 0.1) is 11.3 Å². The van der Waals surface area contributed by atoms with Crippen LogP contribution in [-0.2, 0) is 23.1 Å². The number of esters is 1. The molecule has 0 N–H and O–H groups in total. The van der Waals surface area contributed by atoms with Gasteiger partial charge in [-0.25, -0.2) is 4.79 Å². The zero-order chi connectivity index (χ0) is 19.8. The van der Waals surface area contributed by atoms with E-state index in [0.29, 0.717) is 0 Å². The normalized spacial score (nSPS) is 20.9. The van der Waals surface area contributed by atoms with Gasteiger partial charge in [0.05, 0.1) is 19.8 Å². The molecule has 26 heavy (non-hydrogen) atoms. The summed E-state index contributed by atoms with van der Waals surface area (Å²) in [7, 11) is -3.71. The molecule has 6 heteroatoms. The van der Waals surface area contributed by atoms with Crippen molar-refractivity contribution in [3.8, 4) is 0 Å². The average Bonchev–Trinajstić information content (AvgIpc) is 2.53. The van der Waals surface area contributed by atoms with Gasteiger partial charge in [0.15, 0.2) is 0 Å². The van der Waals surface area contributed by atoms with Crippen LogP contribution in [-0.4, -0.2) is 25.8 Å². The van der Waals surface area contributed by atoms with E-state index >= 15 is 0 Å². The Morgan fingerprint density at radius 2 is 1.85 bits per heavy atom. The third-order valence-electron chi connectivity index (χ3n) is 4.52. The molecule has 0 radical (unpaired) electrons. The lowest BCUT2D eigenvalue weighted by atomic mass is 9.68. The summed E-state index contributed by atoms with van der Waals surface area (Å²) >= 11 is 0. The van der Waals surface area contributed by atoms with Gasteiger partial charge in [0.2, 0.25) is 0 Å². The van der Waals surface area contributed by atoms with Gasteiger partial charge in [-0.15, -0.1) is 0 Å². The van der Waals surface area contributed by atoms with Crippen LogP contribution in [0.4, 0.5) is 0 Å². The molecule has 0 aromatic carbocycles. The summed E-state index contributed by atoms with van der Waals surface area (Å²) in [5.41, 5.74) is 1.44. The van der Waals surface area contributed by atoms with Crippen LogP contribution in [0.15, 0.2) is 35.2 Å². The molecule has 0 fully saturated rings. The van der Waals surface area contributed by atoms with Crippen LogP contribution in [0.1, 0.15) is 54.4 Å². The number of carbonyl (C=O) groups excluding carboxylic acids is 1. The van der Waals surface area contributed by atoms with Gasteiger partial charge in [-0.05, 0) is 52.0 Å². The van der Waals surface area contributed by atoms with Crippen molar-refractivity contribution in [1.82, 2.24) is 0 Å². The maximum Gasteiger partial charge on any atom is 0.368 e. The Balaban J connectivity index is 3.21. The first-order valence-corrected chi connectivity index (χ1v) is 10.9. The van der Waals surface area contributed by atoms with E-state index in [0.717, 1.165) is 12.8 Å². The zero-order valence-electron chi connectivity index (χ0n) is 16.9. The van der Waals surface area contributed by atoms with Crippen LogP contribution < -0.4 is 0 Å². The molecular formula is C20H33O5P. The van der Waals surface area contributed by atoms with Gasteiger partial charge in [-0.2, -0.15) is 0 Å². The van der Waals surface area contributed by atoms with E-state index in [-0.39, 0.29) is 36.5 Å². The highest BCUT2D eigenvalue weighted by Gasteiger charge is 2.36. The van der Waals surface area contributed by atoms with Crippen LogP contribution in [0.3, 0.4) is 0 Å². The van der Waals surface area contributed by atoms with Crippen LogP contribution in [0.5, 0.6) is 0 Å². The van der Waals surface area contributed by atoms with Gasteiger partial charge >= 0.3 is 13.6 Å². The lowest BCUT2D eigenvalue weighted by molar-refractivity contribution is -0.137. The van der Waals surface area contributed by atoms with Crippen molar-refractivity contribution in [2.45, 2.75) is 54.4 Å². The van der Waals surface area contributed by atoms with Gasteiger partial charge in [0.1, 0.15) is 5.31 Å². The molecule has 1 unspecified atom stereocenters. The highest BCUT2D eigenvalue weighted by atomic mass is 31.2. The minimum absolute atomic E-state index is 0.0606. The van der Waals surface area contributed by atoms with Crippen LogP contribution in [0.2, 0.25) is 0 Å². The number of carbonyl (C=O) groups is 1. The number of hydrogen-bond donors (Lipinski definition) is 0. The minimum atomic E-state index is -3.71. The van der Waals surface area contributed by atoms with E-state index in [9.17, 15) is 9.36 Å². The first-order chi connectivity index (χ1) is 12.2. The lowest BCUT2D eigenvalue weighted by Gasteiger charge is -2.36. The predicted molar refractivity (Wildman–Crippen MR) is 105 cm³/mol. The average molecular weight is 384 g/mol. The molecule has 1 rings (SSSR count). The topological polar surface area (TPSA) is 61.8 Å². The highest BCUT2D eigenvalue weighted by molar-refractivity contribution is 7.59. The van der Waals surface area contributed by atoms with Crippen molar-refractivity contribution in [1.29, 1.82) is 0 Å². The first kappa shape index (κ1) is 22.9. The Morgan fingerprint density at radius 3 is 2.35 bits per heavy atom. The standard InChI is InChI=1S/C20H33O5P/c1-7-23-19(21)18(26(22,24-8-2)25-9-3)14-10-13-17-16(4)12-11-15-20(17,5)6/h10,12-14,17H,7-9,11,15H2,1-6H3/b13-10+,18-14-. The van der Waals surface area contributed by atoms with Crippen molar-refractivity contribution in [2.75, 3.05) is 19.8 Å². The molecule has 0 aromatic heterocycles. The second-order valence-electron chi connectivity index (χ2n) is 6.94. The summed E-state index contributed by atoms with van der Waals surface area (Å²) in [6.45, 7) is 12.3. The predicted octanol–water partition coefficient (Wildman–Crippen LogP) is 5.64. The summed E-state index contributed by atoms with van der Waals surface area (Å²) in [4.78, 5) is 12.3. The molecule has 148 valence electrons. The summed E-state index contributed by atoms with van der Waals surface area (Å²) in [6, 6.07) is 0. The molecule has 0 aromatic rings. The maximum absolute atomic E-state index is 13.0. The summed E-state index contributed by atoms with van der Waals surface area (Å²) in [6.07, 6.45) is 9.77. The number of hydrogen-bond acceptors (Lipinski definition) is 5. The second-order valence-corrected chi connectivity index (χ2v) is 8.94. The summed E-state index contributed by atoms with van der Waals surface area (Å²) in [5.74, 6) is -0.410. The van der Waals surface area contributed by atoms with Gasteiger partial charge < -0.3 is 13.8 Å². The first-order valence-electron chi connectivity index (χ1n) is 9.33. The Bertz CT molecular complexity index is 606. The minimum Gasteiger partial charge on any atom is -0.462 e. The van der Waals surface area contributed by atoms with E-state index < -0.39 is 13.6 Å². The van der Waals surface area contributed by atoms with Gasteiger partial charge in [-0.1, -0.05) is 37.6 Å². The van der Waals surface area contributed by atoms with Gasteiger partial charge in [0.25, 0.3) is 0 Å². The van der Waals surface area contributed by atoms with Crippen LogP contribution in [0.25, 0.3) is 0 Å². The molecule has 1 aliphatic carbocycles. The van der Waals surface area contributed by atoms with E-state index in [1.807, 2.05) is 6.08 Å². The Kier molecular flexibility index (Phi) is 9.02. The van der Waals surface area contributed by atoms with E-state index in [2.05, 4.69) is 26.8 Å². The molecule has 0 aliphatic heterocycles. The molecule has 1 aliphatic rings. The fourth-order valence-corrected chi connectivity index (χ4v) is 4.82. The Hall–Kier alpha value is -1.16. The lowest BCUT2D eigenvalue weighted by Crippen LogP contribution is -2.26. The molecule has 0 spiro atoms. The smallest absolute Gasteiger partial charge is 0.368 e. The summed E-state index contributed by atoms with van der Waals surface area (Å²) < 4.78 is 28.8.